The maximum Gasteiger partial charge on any atom is 0.339 e. The van der Waals surface area contributed by atoms with Crippen molar-refractivity contribution < 1.29 is 32.3 Å². The number of sulfonamides is 1. The second kappa shape index (κ2) is 9.27. The number of esters is 2. The van der Waals surface area contributed by atoms with Crippen LogP contribution in [0.4, 0.5) is 5.69 Å². The van der Waals surface area contributed by atoms with Crippen LogP contribution in [-0.4, -0.2) is 57.9 Å². The lowest BCUT2D eigenvalue weighted by molar-refractivity contribution is 0.0587. The Bertz CT molecular complexity index is 1110. The smallest absolute Gasteiger partial charge is 0.339 e. The number of anilines is 1. The first kappa shape index (κ1) is 22.4. The number of nitrogens with zero attached hydrogens (tertiary/aromatic N) is 1. The van der Waals surface area contributed by atoms with Crippen LogP contribution in [0.5, 0.6) is 0 Å². The molecule has 2 aromatic carbocycles. The number of rotatable bonds is 6. The van der Waals surface area contributed by atoms with Crippen LogP contribution in [0.3, 0.4) is 0 Å². The minimum Gasteiger partial charge on any atom is -0.465 e. The number of amides is 1. The summed E-state index contributed by atoms with van der Waals surface area (Å²) in [6.07, 6.45) is 1.65. The fraction of sp³-hybridized carbons (Fsp3) is 0.286. The van der Waals surface area contributed by atoms with Gasteiger partial charge in [-0.3, -0.25) is 4.79 Å². The Morgan fingerprint density at radius 1 is 0.871 bits per heavy atom. The summed E-state index contributed by atoms with van der Waals surface area (Å²) in [5, 5.41) is 2.57. The highest BCUT2D eigenvalue weighted by Crippen LogP contribution is 2.23. The van der Waals surface area contributed by atoms with Crippen LogP contribution >= 0.6 is 0 Å². The van der Waals surface area contributed by atoms with Gasteiger partial charge in [0.2, 0.25) is 10.0 Å². The molecule has 0 saturated carbocycles. The Kier molecular flexibility index (Phi) is 6.71. The Balaban J connectivity index is 1.85. The summed E-state index contributed by atoms with van der Waals surface area (Å²) < 4.78 is 36.0. The Morgan fingerprint density at radius 2 is 1.45 bits per heavy atom. The predicted octanol–water partition coefficient (Wildman–Crippen LogP) is 2.30. The van der Waals surface area contributed by atoms with Gasteiger partial charge in [-0.25, -0.2) is 18.0 Å². The van der Waals surface area contributed by atoms with Gasteiger partial charge in [0.1, 0.15) is 0 Å². The average molecular weight is 446 g/mol. The number of ether oxygens (including phenoxy) is 2. The van der Waals surface area contributed by atoms with Gasteiger partial charge < -0.3 is 14.8 Å². The van der Waals surface area contributed by atoms with E-state index in [1.54, 1.807) is 0 Å². The molecule has 1 fully saturated rings. The molecule has 0 aliphatic carbocycles. The minimum atomic E-state index is -3.59. The molecule has 0 atom stereocenters. The molecule has 164 valence electrons. The molecule has 1 aliphatic rings. The molecule has 0 unspecified atom stereocenters. The molecule has 0 spiro atoms. The van der Waals surface area contributed by atoms with Crippen LogP contribution in [0.15, 0.2) is 47.4 Å². The third kappa shape index (κ3) is 4.75. The molecule has 1 N–H and O–H groups in total. The standard InChI is InChI=1S/C21H22N2O7S/c1-29-20(25)15-7-10-17(21(26)30-2)18(13-15)22-19(24)14-5-8-16(9-6-14)31(27,28)23-11-3-4-12-23/h5-10,13H,3-4,11-12H2,1-2H3,(H,22,24). The molecule has 1 saturated heterocycles. The van der Waals surface area contributed by atoms with Gasteiger partial charge >= 0.3 is 11.9 Å². The summed E-state index contributed by atoms with van der Waals surface area (Å²) in [6, 6.07) is 9.55. The topological polar surface area (TPSA) is 119 Å². The van der Waals surface area contributed by atoms with Crippen LogP contribution in [0.2, 0.25) is 0 Å². The highest BCUT2D eigenvalue weighted by molar-refractivity contribution is 7.89. The Morgan fingerprint density at radius 3 is 2.03 bits per heavy atom. The van der Waals surface area contributed by atoms with E-state index < -0.39 is 27.9 Å². The summed E-state index contributed by atoms with van der Waals surface area (Å²) >= 11 is 0. The first-order valence-electron chi connectivity index (χ1n) is 9.50. The van der Waals surface area contributed by atoms with E-state index >= 15 is 0 Å². The van der Waals surface area contributed by atoms with Crippen LogP contribution < -0.4 is 5.32 Å². The van der Waals surface area contributed by atoms with Gasteiger partial charge in [-0.05, 0) is 55.3 Å². The van der Waals surface area contributed by atoms with E-state index in [1.807, 2.05) is 0 Å². The zero-order chi connectivity index (χ0) is 22.6. The highest BCUT2D eigenvalue weighted by Gasteiger charge is 2.27. The SMILES string of the molecule is COC(=O)c1ccc(C(=O)OC)c(NC(=O)c2ccc(S(=O)(=O)N3CCCC3)cc2)c1. The van der Waals surface area contributed by atoms with Gasteiger partial charge in [0.05, 0.1) is 35.9 Å². The quantitative estimate of drug-likeness (QED) is 0.676. The van der Waals surface area contributed by atoms with E-state index in [0.717, 1.165) is 12.8 Å². The maximum absolute atomic E-state index is 12.7. The molecule has 0 bridgehead atoms. The Labute approximate surface area is 180 Å². The molecule has 1 heterocycles. The maximum atomic E-state index is 12.7. The van der Waals surface area contributed by atoms with Gasteiger partial charge in [0.15, 0.2) is 0 Å². The number of carbonyl (C=O) groups is 3. The molecular weight excluding hydrogens is 424 g/mol. The van der Waals surface area contributed by atoms with Crippen LogP contribution in [0.25, 0.3) is 0 Å². The van der Waals surface area contributed by atoms with Gasteiger partial charge in [0, 0.05) is 18.7 Å². The second-order valence-corrected chi connectivity index (χ2v) is 8.77. The lowest BCUT2D eigenvalue weighted by Gasteiger charge is -2.15. The monoisotopic (exact) mass is 446 g/mol. The van der Waals surface area contributed by atoms with E-state index in [1.165, 1.54) is 61.0 Å². The van der Waals surface area contributed by atoms with Crippen molar-refractivity contribution in [2.75, 3.05) is 32.6 Å². The van der Waals surface area contributed by atoms with Crippen LogP contribution in [-0.2, 0) is 19.5 Å². The van der Waals surface area contributed by atoms with Crippen molar-refractivity contribution in [3.63, 3.8) is 0 Å². The molecule has 3 rings (SSSR count). The van der Waals surface area contributed by atoms with Crippen LogP contribution in [0, 0.1) is 0 Å². The number of methoxy groups -OCH3 is 2. The summed E-state index contributed by atoms with van der Waals surface area (Å²) in [7, 11) is -1.18. The molecule has 0 aromatic heterocycles. The summed E-state index contributed by atoms with van der Waals surface area (Å²) in [5.41, 5.74) is 0.433. The average Bonchev–Trinajstić information content (AvgIpc) is 3.34. The van der Waals surface area contributed by atoms with E-state index in [4.69, 9.17) is 4.74 Å². The zero-order valence-corrected chi connectivity index (χ0v) is 17.9. The predicted molar refractivity (Wildman–Crippen MR) is 112 cm³/mol. The fourth-order valence-electron chi connectivity index (χ4n) is 3.23. The Hall–Kier alpha value is -3.24. The van der Waals surface area contributed by atoms with Gasteiger partial charge in [-0.1, -0.05) is 0 Å². The molecule has 10 heteroatoms. The second-order valence-electron chi connectivity index (χ2n) is 6.83. The van der Waals surface area contributed by atoms with Crippen molar-refractivity contribution in [1.29, 1.82) is 0 Å². The molecule has 9 nitrogen and oxygen atoms in total. The van der Waals surface area contributed by atoms with E-state index in [0.29, 0.717) is 13.1 Å². The van der Waals surface area contributed by atoms with Crippen molar-refractivity contribution in [3.05, 3.63) is 59.2 Å². The third-order valence-corrected chi connectivity index (χ3v) is 6.83. The van der Waals surface area contributed by atoms with Crippen molar-refractivity contribution in [2.45, 2.75) is 17.7 Å². The molecule has 1 amide bonds. The van der Waals surface area contributed by atoms with E-state index in [2.05, 4.69) is 10.1 Å². The lowest BCUT2D eigenvalue weighted by atomic mass is 10.1. The summed E-state index contributed by atoms with van der Waals surface area (Å²) in [5.74, 6) is -1.92. The highest BCUT2D eigenvalue weighted by atomic mass is 32.2. The van der Waals surface area contributed by atoms with Crippen molar-refractivity contribution >= 4 is 33.6 Å². The molecular formula is C21H22N2O7S. The van der Waals surface area contributed by atoms with Crippen molar-refractivity contribution in [2.24, 2.45) is 0 Å². The number of hydrogen-bond acceptors (Lipinski definition) is 7. The number of hydrogen-bond donors (Lipinski definition) is 1. The lowest BCUT2D eigenvalue weighted by Crippen LogP contribution is -2.27. The van der Waals surface area contributed by atoms with Crippen molar-refractivity contribution in [1.82, 2.24) is 4.31 Å². The first-order valence-corrected chi connectivity index (χ1v) is 10.9. The number of nitrogens with one attached hydrogen (secondary N) is 1. The third-order valence-electron chi connectivity index (χ3n) is 4.91. The summed E-state index contributed by atoms with van der Waals surface area (Å²) in [6.45, 7) is 0.967. The number of carbonyl (C=O) groups excluding carboxylic acids is 3. The molecule has 0 radical (unpaired) electrons. The minimum absolute atomic E-state index is 0.0525. The number of benzene rings is 2. The molecule has 31 heavy (non-hydrogen) atoms. The molecule has 1 aliphatic heterocycles. The fourth-order valence-corrected chi connectivity index (χ4v) is 4.75. The summed E-state index contributed by atoms with van der Waals surface area (Å²) in [4.78, 5) is 36.6. The van der Waals surface area contributed by atoms with Gasteiger partial charge in [-0.15, -0.1) is 0 Å². The van der Waals surface area contributed by atoms with Crippen molar-refractivity contribution in [3.8, 4) is 0 Å². The molecule has 2 aromatic rings. The van der Waals surface area contributed by atoms with Gasteiger partial charge in [-0.2, -0.15) is 4.31 Å². The largest absolute Gasteiger partial charge is 0.465 e. The van der Waals surface area contributed by atoms with E-state index in [9.17, 15) is 22.8 Å². The van der Waals surface area contributed by atoms with Gasteiger partial charge in [0.25, 0.3) is 5.91 Å². The normalized spacial score (nSPS) is 14.1. The first-order chi connectivity index (χ1) is 14.8. The van der Waals surface area contributed by atoms with Crippen LogP contribution in [0.1, 0.15) is 43.9 Å². The zero-order valence-electron chi connectivity index (χ0n) is 17.1. The van der Waals surface area contributed by atoms with E-state index in [-0.39, 0.29) is 27.3 Å².